The molecule has 1 N–H and O–H groups in total. The molecule has 0 aliphatic heterocycles. The lowest BCUT2D eigenvalue weighted by Gasteiger charge is -2.10. The predicted octanol–water partition coefficient (Wildman–Crippen LogP) is 2.87. The van der Waals surface area contributed by atoms with Crippen LogP contribution in [-0.2, 0) is 0 Å². The van der Waals surface area contributed by atoms with Gasteiger partial charge in [0.2, 0.25) is 5.95 Å². The van der Waals surface area contributed by atoms with Crippen LogP contribution in [0.1, 0.15) is 12.8 Å². The van der Waals surface area contributed by atoms with Gasteiger partial charge in [-0.15, -0.1) is 0 Å². The van der Waals surface area contributed by atoms with Crippen molar-refractivity contribution in [1.29, 1.82) is 0 Å². The van der Waals surface area contributed by atoms with Crippen LogP contribution in [0.25, 0.3) is 11.3 Å². The molecule has 19 heavy (non-hydrogen) atoms. The maximum Gasteiger partial charge on any atom is 0.223 e. The van der Waals surface area contributed by atoms with E-state index in [-0.39, 0.29) is 5.82 Å². The van der Waals surface area contributed by atoms with Crippen molar-refractivity contribution in [2.45, 2.75) is 18.9 Å². The van der Waals surface area contributed by atoms with Gasteiger partial charge < -0.3 is 10.1 Å². The van der Waals surface area contributed by atoms with Crippen LogP contribution in [0.15, 0.2) is 30.5 Å². The lowest BCUT2D eigenvalue weighted by atomic mass is 10.1. The summed E-state index contributed by atoms with van der Waals surface area (Å²) in [7, 11) is 1.52. The fraction of sp³-hybridized carbons (Fsp3) is 0.286. The van der Waals surface area contributed by atoms with Crippen LogP contribution in [0, 0.1) is 5.82 Å². The molecule has 0 spiro atoms. The summed E-state index contributed by atoms with van der Waals surface area (Å²) >= 11 is 0. The summed E-state index contributed by atoms with van der Waals surface area (Å²) in [6, 6.07) is 6.86. The standard InChI is InChI=1S/C14H14FN3O/c1-19-12-4-2-3-10(15)13(12)11-7-8-16-14(18-11)17-9-5-6-9/h2-4,7-9H,5-6H2,1H3,(H,16,17,18). The Hall–Kier alpha value is -2.17. The molecular formula is C14H14FN3O. The third-order valence-corrected chi connectivity index (χ3v) is 3.02. The van der Waals surface area contributed by atoms with Crippen LogP contribution in [-0.4, -0.2) is 23.1 Å². The van der Waals surface area contributed by atoms with Crippen molar-refractivity contribution in [3.8, 4) is 17.0 Å². The maximum absolute atomic E-state index is 14.0. The number of anilines is 1. The number of benzene rings is 1. The van der Waals surface area contributed by atoms with E-state index in [1.807, 2.05) is 0 Å². The maximum atomic E-state index is 14.0. The highest BCUT2D eigenvalue weighted by Gasteiger charge is 2.22. The van der Waals surface area contributed by atoms with Crippen molar-refractivity contribution < 1.29 is 9.13 Å². The Balaban J connectivity index is 2.01. The molecule has 0 bridgehead atoms. The molecule has 4 nitrogen and oxygen atoms in total. The molecule has 0 unspecified atom stereocenters. The summed E-state index contributed by atoms with van der Waals surface area (Å²) in [6.45, 7) is 0. The molecule has 1 aromatic carbocycles. The second-order valence-electron chi connectivity index (χ2n) is 4.50. The topological polar surface area (TPSA) is 47.0 Å². The number of hydrogen-bond donors (Lipinski definition) is 1. The first-order chi connectivity index (χ1) is 9.28. The van der Waals surface area contributed by atoms with Crippen LogP contribution >= 0.6 is 0 Å². The lowest BCUT2D eigenvalue weighted by molar-refractivity contribution is 0.413. The highest BCUT2D eigenvalue weighted by atomic mass is 19.1. The van der Waals surface area contributed by atoms with Gasteiger partial charge in [-0.25, -0.2) is 14.4 Å². The normalized spacial score (nSPS) is 14.2. The van der Waals surface area contributed by atoms with Crippen LogP contribution in [0.5, 0.6) is 5.75 Å². The van der Waals surface area contributed by atoms with Gasteiger partial charge in [0.05, 0.1) is 18.4 Å². The van der Waals surface area contributed by atoms with Crippen molar-refractivity contribution in [3.63, 3.8) is 0 Å². The molecule has 0 amide bonds. The SMILES string of the molecule is COc1cccc(F)c1-c1ccnc(NC2CC2)n1. The number of rotatable bonds is 4. The van der Waals surface area contributed by atoms with Crippen molar-refractivity contribution in [2.75, 3.05) is 12.4 Å². The number of nitrogens with zero attached hydrogens (tertiary/aromatic N) is 2. The first-order valence-corrected chi connectivity index (χ1v) is 6.20. The van der Waals surface area contributed by atoms with E-state index in [4.69, 9.17) is 4.74 Å². The van der Waals surface area contributed by atoms with Gasteiger partial charge >= 0.3 is 0 Å². The van der Waals surface area contributed by atoms with Crippen LogP contribution in [0.2, 0.25) is 0 Å². The molecule has 1 aromatic heterocycles. The van der Waals surface area contributed by atoms with E-state index >= 15 is 0 Å². The second-order valence-corrected chi connectivity index (χ2v) is 4.50. The average molecular weight is 259 g/mol. The highest BCUT2D eigenvalue weighted by molar-refractivity contribution is 5.68. The van der Waals surface area contributed by atoms with Crippen molar-refractivity contribution in [2.24, 2.45) is 0 Å². The largest absolute Gasteiger partial charge is 0.496 e. The number of aromatic nitrogens is 2. The Labute approximate surface area is 110 Å². The van der Waals surface area contributed by atoms with Crippen LogP contribution in [0.4, 0.5) is 10.3 Å². The van der Waals surface area contributed by atoms with E-state index in [1.54, 1.807) is 24.4 Å². The zero-order chi connectivity index (χ0) is 13.2. The van der Waals surface area contributed by atoms with Crippen molar-refractivity contribution in [3.05, 3.63) is 36.3 Å². The Bertz CT molecular complexity index is 599. The van der Waals surface area contributed by atoms with E-state index in [0.717, 1.165) is 12.8 Å². The van der Waals surface area contributed by atoms with Crippen molar-refractivity contribution >= 4 is 5.95 Å². The first kappa shape index (κ1) is 11.9. The predicted molar refractivity (Wildman–Crippen MR) is 70.6 cm³/mol. The third-order valence-electron chi connectivity index (χ3n) is 3.02. The lowest BCUT2D eigenvalue weighted by Crippen LogP contribution is -2.06. The fourth-order valence-corrected chi connectivity index (χ4v) is 1.90. The third kappa shape index (κ3) is 2.50. The number of hydrogen-bond acceptors (Lipinski definition) is 4. The summed E-state index contributed by atoms with van der Waals surface area (Å²) in [4.78, 5) is 8.50. The quantitative estimate of drug-likeness (QED) is 0.917. The van der Waals surface area contributed by atoms with Gasteiger partial charge in [0.25, 0.3) is 0 Å². The summed E-state index contributed by atoms with van der Waals surface area (Å²) in [5.41, 5.74) is 0.888. The average Bonchev–Trinajstić information content (AvgIpc) is 3.22. The number of ether oxygens (including phenoxy) is 1. The fourth-order valence-electron chi connectivity index (χ4n) is 1.90. The van der Waals surface area contributed by atoms with E-state index in [0.29, 0.717) is 29.0 Å². The number of halogens is 1. The summed E-state index contributed by atoms with van der Waals surface area (Å²) in [5, 5.41) is 3.20. The Morgan fingerprint density at radius 2 is 2.16 bits per heavy atom. The second kappa shape index (κ2) is 4.84. The molecule has 3 rings (SSSR count). The minimum Gasteiger partial charge on any atom is -0.496 e. The van der Waals surface area contributed by atoms with E-state index in [9.17, 15) is 4.39 Å². The molecule has 5 heteroatoms. The van der Waals surface area contributed by atoms with Gasteiger partial charge in [0.15, 0.2) is 0 Å². The molecular weight excluding hydrogens is 245 g/mol. The molecule has 1 heterocycles. The van der Waals surface area contributed by atoms with E-state index in [2.05, 4.69) is 15.3 Å². The number of methoxy groups -OCH3 is 1. The van der Waals surface area contributed by atoms with Gasteiger partial charge in [0.1, 0.15) is 11.6 Å². The molecule has 0 atom stereocenters. The van der Waals surface area contributed by atoms with Crippen LogP contribution in [0.3, 0.4) is 0 Å². The first-order valence-electron chi connectivity index (χ1n) is 6.20. The Kier molecular flexibility index (Phi) is 3.03. The summed E-state index contributed by atoms with van der Waals surface area (Å²) in [6.07, 6.45) is 3.89. The van der Waals surface area contributed by atoms with Gasteiger partial charge in [-0.1, -0.05) is 6.07 Å². The van der Waals surface area contributed by atoms with E-state index < -0.39 is 0 Å². The van der Waals surface area contributed by atoms with Gasteiger partial charge in [-0.05, 0) is 31.0 Å². The highest BCUT2D eigenvalue weighted by Crippen LogP contribution is 2.31. The monoisotopic (exact) mass is 259 g/mol. The molecule has 1 fully saturated rings. The molecule has 1 aliphatic rings. The van der Waals surface area contributed by atoms with E-state index in [1.165, 1.54) is 13.2 Å². The molecule has 0 saturated heterocycles. The molecule has 2 aromatic rings. The minimum atomic E-state index is -0.351. The zero-order valence-electron chi connectivity index (χ0n) is 10.6. The molecule has 98 valence electrons. The molecule has 1 aliphatic carbocycles. The Morgan fingerprint density at radius 3 is 2.89 bits per heavy atom. The summed E-state index contributed by atoms with van der Waals surface area (Å²) in [5.74, 6) is 0.650. The van der Waals surface area contributed by atoms with Crippen LogP contribution < -0.4 is 10.1 Å². The minimum absolute atomic E-state index is 0.351. The zero-order valence-corrected chi connectivity index (χ0v) is 10.6. The van der Waals surface area contributed by atoms with Crippen molar-refractivity contribution in [1.82, 2.24) is 9.97 Å². The van der Waals surface area contributed by atoms with Gasteiger partial charge in [-0.3, -0.25) is 0 Å². The summed E-state index contributed by atoms with van der Waals surface area (Å²) < 4.78 is 19.2. The Morgan fingerprint density at radius 1 is 1.32 bits per heavy atom. The molecule has 1 saturated carbocycles. The smallest absolute Gasteiger partial charge is 0.223 e. The van der Waals surface area contributed by atoms with Gasteiger partial charge in [-0.2, -0.15) is 0 Å². The van der Waals surface area contributed by atoms with Gasteiger partial charge in [0, 0.05) is 12.2 Å². The molecule has 0 radical (unpaired) electrons. The number of nitrogens with one attached hydrogen (secondary N) is 1.